The third-order valence-corrected chi connectivity index (χ3v) is 10.9. The molecule has 166 valence electrons. The van der Waals surface area contributed by atoms with Crippen LogP contribution in [0.3, 0.4) is 0 Å². The van der Waals surface area contributed by atoms with Gasteiger partial charge in [0.15, 0.2) is 9.84 Å². The Morgan fingerprint density at radius 2 is 1.81 bits per heavy atom. The third kappa shape index (κ3) is 3.74. The number of sulfone groups is 1. The van der Waals surface area contributed by atoms with Crippen molar-refractivity contribution in [2.24, 2.45) is 23.2 Å². The van der Waals surface area contributed by atoms with Crippen molar-refractivity contribution >= 4 is 27.1 Å². The zero-order valence-electron chi connectivity index (χ0n) is 17.6. The molecule has 6 rings (SSSR count). The van der Waals surface area contributed by atoms with Crippen molar-refractivity contribution in [1.82, 2.24) is 5.32 Å². The fraction of sp³-hybridized carbons (Fsp3) is 0.542. The van der Waals surface area contributed by atoms with Gasteiger partial charge in [-0.1, -0.05) is 6.07 Å². The average Bonchev–Trinajstić information content (AvgIpc) is 3.23. The lowest BCUT2D eigenvalue weighted by atomic mass is 9.49. The van der Waals surface area contributed by atoms with Gasteiger partial charge < -0.3 is 5.32 Å². The minimum absolute atomic E-state index is 0.0265. The van der Waals surface area contributed by atoms with Crippen molar-refractivity contribution < 1.29 is 17.6 Å². The molecule has 1 amide bonds. The molecule has 0 radical (unpaired) electrons. The van der Waals surface area contributed by atoms with Crippen LogP contribution in [0.2, 0.25) is 0 Å². The summed E-state index contributed by atoms with van der Waals surface area (Å²) in [5.41, 5.74) is -0.0195. The Balaban J connectivity index is 1.39. The van der Waals surface area contributed by atoms with Crippen molar-refractivity contribution in [2.75, 3.05) is 6.54 Å². The summed E-state index contributed by atoms with van der Waals surface area (Å²) in [5.74, 6) is 1.54. The van der Waals surface area contributed by atoms with E-state index in [1.165, 1.54) is 48.8 Å². The number of thiophene rings is 1. The number of hydrogen-bond donors (Lipinski definition) is 1. The highest BCUT2D eigenvalue weighted by Gasteiger charge is 2.54. The number of nitrogens with one attached hydrogen (secondary N) is 1. The van der Waals surface area contributed by atoms with Crippen molar-refractivity contribution in [3.05, 3.63) is 52.0 Å². The maximum absolute atomic E-state index is 13.7. The highest BCUT2D eigenvalue weighted by molar-refractivity contribution is 7.91. The second kappa shape index (κ2) is 7.69. The van der Waals surface area contributed by atoms with Gasteiger partial charge in [0.25, 0.3) is 0 Å². The van der Waals surface area contributed by atoms with Crippen LogP contribution in [0, 0.1) is 35.9 Å². The van der Waals surface area contributed by atoms with Crippen LogP contribution in [0.4, 0.5) is 4.39 Å². The van der Waals surface area contributed by atoms with E-state index in [2.05, 4.69) is 5.32 Å². The van der Waals surface area contributed by atoms with Crippen LogP contribution in [0.1, 0.15) is 54.2 Å². The molecule has 4 fully saturated rings. The fourth-order valence-electron chi connectivity index (χ4n) is 6.56. The highest BCUT2D eigenvalue weighted by Crippen LogP contribution is 2.60. The van der Waals surface area contributed by atoms with E-state index in [1.807, 2.05) is 11.4 Å². The van der Waals surface area contributed by atoms with Crippen molar-refractivity contribution in [3.63, 3.8) is 0 Å². The summed E-state index contributed by atoms with van der Waals surface area (Å²) in [6.45, 7) is 1.60. The Morgan fingerprint density at radius 1 is 1.16 bits per heavy atom. The van der Waals surface area contributed by atoms with Gasteiger partial charge >= 0.3 is 0 Å². The molecule has 1 N–H and O–H groups in total. The highest BCUT2D eigenvalue weighted by atomic mass is 32.2. The van der Waals surface area contributed by atoms with E-state index in [0.717, 1.165) is 19.3 Å². The van der Waals surface area contributed by atoms with Crippen LogP contribution < -0.4 is 5.32 Å². The Kier molecular flexibility index (Phi) is 5.25. The molecule has 1 aromatic heterocycles. The summed E-state index contributed by atoms with van der Waals surface area (Å²) < 4.78 is 40.7. The largest absolute Gasteiger partial charge is 0.354 e. The predicted molar refractivity (Wildman–Crippen MR) is 119 cm³/mol. The minimum Gasteiger partial charge on any atom is -0.354 e. The van der Waals surface area contributed by atoms with E-state index < -0.39 is 20.9 Å². The van der Waals surface area contributed by atoms with E-state index in [0.29, 0.717) is 28.2 Å². The van der Waals surface area contributed by atoms with Crippen LogP contribution in [0.15, 0.2) is 40.6 Å². The quantitative estimate of drug-likeness (QED) is 0.613. The maximum atomic E-state index is 13.7. The van der Waals surface area contributed by atoms with E-state index in [9.17, 15) is 17.6 Å². The second-order valence-corrected chi connectivity index (χ2v) is 13.0. The molecule has 1 atom stereocenters. The van der Waals surface area contributed by atoms with Gasteiger partial charge in [-0.3, -0.25) is 4.79 Å². The molecule has 4 nitrogen and oxygen atoms in total. The SMILES string of the molecule is Cc1cc(S(=O)(=O)[C@@H](CNC(=O)C23CC4CC(CC(C4)C2)C3)c2cccs2)ccc1F. The van der Waals surface area contributed by atoms with Gasteiger partial charge in [-0.05, 0) is 98.4 Å². The zero-order chi connectivity index (χ0) is 21.8. The summed E-state index contributed by atoms with van der Waals surface area (Å²) in [5, 5.41) is 4.01. The topological polar surface area (TPSA) is 63.2 Å². The number of carbonyl (C=O) groups is 1. The Bertz CT molecular complexity index is 1060. The summed E-state index contributed by atoms with van der Waals surface area (Å²) in [6.07, 6.45) is 6.59. The normalized spacial score (nSPS) is 30.3. The molecule has 31 heavy (non-hydrogen) atoms. The third-order valence-electron chi connectivity index (χ3n) is 7.66. The zero-order valence-corrected chi connectivity index (χ0v) is 19.3. The van der Waals surface area contributed by atoms with Crippen LogP contribution in [-0.2, 0) is 14.6 Å². The Morgan fingerprint density at radius 3 is 2.35 bits per heavy atom. The Hall–Kier alpha value is -1.73. The predicted octanol–water partition coefficient (Wildman–Crippen LogP) is 5.04. The number of benzene rings is 1. The number of aryl methyl sites for hydroxylation is 1. The molecule has 0 spiro atoms. The number of rotatable bonds is 6. The molecule has 7 heteroatoms. The van der Waals surface area contributed by atoms with Crippen molar-refractivity contribution in [2.45, 2.75) is 55.6 Å². The molecule has 1 aromatic carbocycles. The lowest BCUT2D eigenvalue weighted by Crippen LogP contribution is -2.54. The molecule has 4 aliphatic carbocycles. The van der Waals surface area contributed by atoms with Crippen molar-refractivity contribution in [1.29, 1.82) is 0 Å². The summed E-state index contributed by atoms with van der Waals surface area (Å²) in [6, 6.07) is 7.51. The monoisotopic (exact) mass is 461 g/mol. The average molecular weight is 462 g/mol. The molecular formula is C24H28FNO3S2. The summed E-state index contributed by atoms with van der Waals surface area (Å²) in [4.78, 5) is 14.2. The lowest BCUT2D eigenvalue weighted by molar-refractivity contribution is -0.146. The van der Waals surface area contributed by atoms with E-state index in [1.54, 1.807) is 13.0 Å². The molecule has 2 aromatic rings. The summed E-state index contributed by atoms with van der Waals surface area (Å²) in [7, 11) is -3.79. The number of hydrogen-bond acceptors (Lipinski definition) is 4. The fourth-order valence-corrected chi connectivity index (χ4v) is 9.43. The molecule has 0 aliphatic heterocycles. The van der Waals surface area contributed by atoms with Crippen LogP contribution in [-0.4, -0.2) is 20.9 Å². The molecule has 4 bridgehead atoms. The van der Waals surface area contributed by atoms with Gasteiger partial charge in [0.2, 0.25) is 5.91 Å². The second-order valence-electron chi connectivity index (χ2n) is 9.87. The van der Waals surface area contributed by atoms with E-state index >= 15 is 0 Å². The molecule has 4 aliphatic rings. The first-order chi connectivity index (χ1) is 14.8. The van der Waals surface area contributed by atoms with Crippen LogP contribution in [0.5, 0.6) is 0 Å². The van der Waals surface area contributed by atoms with Gasteiger partial charge in [-0.15, -0.1) is 11.3 Å². The lowest BCUT2D eigenvalue weighted by Gasteiger charge is -2.55. The van der Waals surface area contributed by atoms with Crippen LogP contribution >= 0.6 is 11.3 Å². The van der Waals surface area contributed by atoms with Crippen molar-refractivity contribution in [3.8, 4) is 0 Å². The van der Waals surface area contributed by atoms with E-state index in [4.69, 9.17) is 0 Å². The number of carbonyl (C=O) groups excluding carboxylic acids is 1. The molecular weight excluding hydrogens is 433 g/mol. The maximum Gasteiger partial charge on any atom is 0.226 e. The number of amides is 1. The van der Waals surface area contributed by atoms with Gasteiger partial charge in [-0.2, -0.15) is 0 Å². The standard InChI is InChI=1S/C24H28FNO3S2/c1-15-7-19(4-5-20(15)25)31(28,29)22(21-3-2-6-30-21)14-26-23(27)24-11-16-8-17(12-24)10-18(9-16)13-24/h2-7,16-18,22H,8-14H2,1H3,(H,26,27)/t16?,17?,18?,22-,24?/m0/s1. The summed E-state index contributed by atoms with van der Waals surface area (Å²) >= 11 is 1.37. The molecule has 0 saturated heterocycles. The van der Waals surface area contributed by atoms with Gasteiger partial charge in [-0.25, -0.2) is 12.8 Å². The van der Waals surface area contributed by atoms with Crippen LogP contribution in [0.25, 0.3) is 0 Å². The molecule has 0 unspecified atom stereocenters. The van der Waals surface area contributed by atoms with Gasteiger partial charge in [0.05, 0.1) is 4.90 Å². The smallest absolute Gasteiger partial charge is 0.226 e. The first-order valence-electron chi connectivity index (χ1n) is 11.1. The number of halogens is 1. The first kappa shape index (κ1) is 21.1. The Labute approximate surface area is 187 Å². The molecule has 4 saturated carbocycles. The van der Waals surface area contributed by atoms with E-state index in [-0.39, 0.29) is 22.8 Å². The minimum atomic E-state index is -3.79. The molecule has 1 heterocycles. The van der Waals surface area contributed by atoms with Gasteiger partial charge in [0, 0.05) is 16.8 Å². The van der Waals surface area contributed by atoms with Gasteiger partial charge in [0.1, 0.15) is 11.1 Å². The first-order valence-corrected chi connectivity index (χ1v) is 13.5.